The largest absolute Gasteiger partial charge is 0.102 e. The molecule has 0 aliphatic heterocycles. The molecule has 0 bridgehead atoms. The van der Waals surface area contributed by atoms with Crippen LogP contribution in [-0.4, -0.2) is 0 Å². The van der Waals surface area contributed by atoms with Crippen LogP contribution in [-0.2, 0) is 0 Å². The van der Waals surface area contributed by atoms with Gasteiger partial charge in [-0.3, -0.25) is 0 Å². The summed E-state index contributed by atoms with van der Waals surface area (Å²) in [6.45, 7) is 5.88. The molecule has 0 N–H and O–H groups in total. The van der Waals surface area contributed by atoms with Gasteiger partial charge >= 0.3 is 0 Å². The van der Waals surface area contributed by atoms with Crippen LogP contribution in [0.3, 0.4) is 0 Å². The zero-order valence-corrected chi connectivity index (χ0v) is 8.14. The van der Waals surface area contributed by atoms with E-state index in [-0.39, 0.29) is 0 Å². The Balaban J connectivity index is 2.89. The fourth-order valence-electron chi connectivity index (χ4n) is 0.902. The van der Waals surface area contributed by atoms with Crippen LogP contribution in [0.1, 0.15) is 18.4 Å². The van der Waals surface area contributed by atoms with Crippen LogP contribution in [0.5, 0.6) is 0 Å². The van der Waals surface area contributed by atoms with Crippen molar-refractivity contribution >= 4 is 15.9 Å². The normalized spacial score (nSPS) is 12.5. The predicted molar refractivity (Wildman–Crippen MR) is 52.8 cm³/mol. The second-order valence-electron chi connectivity index (χ2n) is 2.58. The minimum Gasteiger partial charge on any atom is -0.102 e. The van der Waals surface area contributed by atoms with E-state index in [1.807, 2.05) is 6.08 Å². The van der Waals surface area contributed by atoms with E-state index in [1.54, 1.807) is 0 Å². The Morgan fingerprint density at radius 3 is 2.36 bits per heavy atom. The van der Waals surface area contributed by atoms with Crippen molar-refractivity contribution in [1.29, 1.82) is 0 Å². The van der Waals surface area contributed by atoms with Gasteiger partial charge in [-0.05, 0) is 23.6 Å². The molecule has 0 saturated heterocycles. The molecule has 1 aromatic carbocycles. The summed E-state index contributed by atoms with van der Waals surface area (Å²) in [6.07, 6.45) is 1.95. The van der Waals surface area contributed by atoms with Crippen molar-refractivity contribution in [2.75, 3.05) is 0 Å². The van der Waals surface area contributed by atoms with Crippen molar-refractivity contribution in [2.45, 2.75) is 12.8 Å². The van der Waals surface area contributed by atoms with Crippen molar-refractivity contribution in [3.8, 4) is 0 Å². The molecule has 0 radical (unpaired) electrons. The molecule has 0 aliphatic carbocycles. The Bertz CT molecular complexity index is 236. The highest BCUT2D eigenvalue weighted by atomic mass is 79.9. The molecule has 0 heterocycles. The molecular weight excluding hydrogens is 200 g/mol. The summed E-state index contributed by atoms with van der Waals surface area (Å²) in [5.74, 6) is 0.447. The highest BCUT2D eigenvalue weighted by Crippen LogP contribution is 2.18. The van der Waals surface area contributed by atoms with E-state index < -0.39 is 0 Å². The van der Waals surface area contributed by atoms with Gasteiger partial charge in [0.2, 0.25) is 0 Å². The Labute approximate surface area is 76.1 Å². The van der Waals surface area contributed by atoms with Gasteiger partial charge in [-0.25, -0.2) is 0 Å². The van der Waals surface area contributed by atoms with Gasteiger partial charge in [-0.1, -0.05) is 41.1 Å². The average molecular weight is 211 g/mol. The van der Waals surface area contributed by atoms with Crippen LogP contribution in [0, 0.1) is 0 Å². The fraction of sp³-hybridized carbons (Fsp3) is 0.200. The van der Waals surface area contributed by atoms with Crippen LogP contribution in [0.15, 0.2) is 41.4 Å². The molecule has 0 unspecified atom stereocenters. The molecule has 58 valence electrons. The zero-order valence-electron chi connectivity index (χ0n) is 6.55. The first-order chi connectivity index (χ1) is 5.24. The third-order valence-electron chi connectivity index (χ3n) is 1.75. The van der Waals surface area contributed by atoms with Gasteiger partial charge in [0.05, 0.1) is 0 Å². The molecule has 0 nitrogen and oxygen atoms in total. The highest BCUT2D eigenvalue weighted by Gasteiger charge is 1.98. The summed E-state index contributed by atoms with van der Waals surface area (Å²) in [5, 5.41) is 0. The number of halogens is 1. The Morgan fingerprint density at radius 2 is 1.91 bits per heavy atom. The first-order valence-electron chi connectivity index (χ1n) is 3.62. The summed E-state index contributed by atoms with van der Waals surface area (Å²) in [6, 6.07) is 8.32. The van der Waals surface area contributed by atoms with Gasteiger partial charge in [0.25, 0.3) is 0 Å². The fourth-order valence-corrected chi connectivity index (χ4v) is 1.17. The van der Waals surface area contributed by atoms with E-state index in [4.69, 9.17) is 0 Å². The van der Waals surface area contributed by atoms with Gasteiger partial charge in [-0.2, -0.15) is 0 Å². The van der Waals surface area contributed by atoms with E-state index in [9.17, 15) is 0 Å². The first-order valence-corrected chi connectivity index (χ1v) is 4.41. The van der Waals surface area contributed by atoms with Crippen LogP contribution in [0.2, 0.25) is 0 Å². The molecule has 0 fully saturated rings. The van der Waals surface area contributed by atoms with Gasteiger partial charge in [-0.15, -0.1) is 6.58 Å². The predicted octanol–water partition coefficient (Wildman–Crippen LogP) is 3.74. The van der Waals surface area contributed by atoms with Crippen molar-refractivity contribution in [2.24, 2.45) is 0 Å². The SMILES string of the molecule is C=C[C@H](C)c1ccc(Br)cc1. The minimum atomic E-state index is 0.447. The number of hydrogen-bond acceptors (Lipinski definition) is 0. The molecule has 1 heteroatoms. The molecule has 0 spiro atoms. The standard InChI is InChI=1S/C10H11Br/c1-3-8(2)9-4-6-10(11)7-5-9/h3-8H,1H2,2H3/t8-/m0/s1. The molecule has 0 aliphatic rings. The van der Waals surface area contributed by atoms with Crippen molar-refractivity contribution in [3.63, 3.8) is 0 Å². The average Bonchev–Trinajstić information content (AvgIpc) is 2.05. The lowest BCUT2D eigenvalue weighted by Crippen LogP contribution is -1.86. The molecule has 1 atom stereocenters. The van der Waals surface area contributed by atoms with Crippen molar-refractivity contribution in [1.82, 2.24) is 0 Å². The number of allylic oxidation sites excluding steroid dienone is 1. The summed E-state index contributed by atoms with van der Waals surface area (Å²) < 4.78 is 1.12. The summed E-state index contributed by atoms with van der Waals surface area (Å²) in [5.41, 5.74) is 1.31. The van der Waals surface area contributed by atoms with Crippen LogP contribution in [0.4, 0.5) is 0 Å². The van der Waals surface area contributed by atoms with Crippen LogP contribution in [0.25, 0.3) is 0 Å². The van der Waals surface area contributed by atoms with Crippen LogP contribution < -0.4 is 0 Å². The summed E-state index contributed by atoms with van der Waals surface area (Å²) in [4.78, 5) is 0. The smallest absolute Gasteiger partial charge is 0.0175 e. The lowest BCUT2D eigenvalue weighted by atomic mass is 10.0. The first kappa shape index (κ1) is 8.54. The minimum absolute atomic E-state index is 0.447. The second-order valence-corrected chi connectivity index (χ2v) is 3.49. The molecule has 0 amide bonds. The lowest BCUT2D eigenvalue weighted by molar-refractivity contribution is 0.971. The van der Waals surface area contributed by atoms with Gasteiger partial charge < -0.3 is 0 Å². The van der Waals surface area contributed by atoms with Gasteiger partial charge in [0, 0.05) is 4.47 Å². The zero-order chi connectivity index (χ0) is 8.27. The monoisotopic (exact) mass is 210 g/mol. The van der Waals surface area contributed by atoms with Crippen molar-refractivity contribution in [3.05, 3.63) is 47.0 Å². The maximum absolute atomic E-state index is 3.75. The topological polar surface area (TPSA) is 0 Å². The Morgan fingerprint density at radius 1 is 1.36 bits per heavy atom. The molecule has 1 aromatic rings. The molecule has 0 aromatic heterocycles. The van der Waals surface area contributed by atoms with Gasteiger partial charge in [0.1, 0.15) is 0 Å². The Kier molecular flexibility index (Phi) is 2.89. The molecule has 0 saturated carbocycles. The third-order valence-corrected chi connectivity index (χ3v) is 2.28. The van der Waals surface area contributed by atoms with E-state index in [0.717, 1.165) is 4.47 Å². The van der Waals surface area contributed by atoms with Gasteiger partial charge in [0.15, 0.2) is 0 Å². The maximum Gasteiger partial charge on any atom is 0.0175 e. The highest BCUT2D eigenvalue weighted by molar-refractivity contribution is 9.10. The van der Waals surface area contributed by atoms with E-state index in [1.165, 1.54) is 5.56 Å². The van der Waals surface area contributed by atoms with E-state index >= 15 is 0 Å². The number of hydrogen-bond donors (Lipinski definition) is 0. The molecule has 11 heavy (non-hydrogen) atoms. The van der Waals surface area contributed by atoms with Crippen LogP contribution >= 0.6 is 15.9 Å². The molecule has 1 rings (SSSR count). The maximum atomic E-state index is 3.75. The number of rotatable bonds is 2. The van der Waals surface area contributed by atoms with Crippen molar-refractivity contribution < 1.29 is 0 Å². The van der Waals surface area contributed by atoms with E-state index in [2.05, 4.69) is 53.7 Å². The Hall–Kier alpha value is -0.560. The second kappa shape index (κ2) is 3.72. The molecular formula is C10H11Br. The number of benzene rings is 1. The lowest BCUT2D eigenvalue weighted by Gasteiger charge is -2.04. The summed E-state index contributed by atoms with van der Waals surface area (Å²) in [7, 11) is 0. The van der Waals surface area contributed by atoms with E-state index in [0.29, 0.717) is 5.92 Å². The third kappa shape index (κ3) is 2.19. The quantitative estimate of drug-likeness (QED) is 0.653. The summed E-state index contributed by atoms with van der Waals surface area (Å²) >= 11 is 3.39.